The van der Waals surface area contributed by atoms with Crippen LogP contribution in [0.25, 0.3) is 0 Å². The number of rotatable bonds is 7. The summed E-state index contributed by atoms with van der Waals surface area (Å²) >= 11 is 1.20. The van der Waals surface area contributed by atoms with Gasteiger partial charge in [-0.15, -0.1) is 10.2 Å². The first kappa shape index (κ1) is 20.4. The Morgan fingerprint density at radius 3 is 2.87 bits per heavy atom. The van der Waals surface area contributed by atoms with Crippen LogP contribution in [0.5, 0.6) is 0 Å². The van der Waals surface area contributed by atoms with E-state index in [1.165, 1.54) is 16.2 Å². The van der Waals surface area contributed by atoms with Crippen molar-refractivity contribution < 1.29 is 19.1 Å². The topological polar surface area (TPSA) is 105 Å². The van der Waals surface area contributed by atoms with Crippen molar-refractivity contribution in [3.63, 3.8) is 0 Å². The Morgan fingerprint density at radius 2 is 2.10 bits per heavy atom. The lowest BCUT2D eigenvalue weighted by Crippen LogP contribution is -2.69. The molecule has 158 valence electrons. The molecule has 2 aliphatic heterocycles. The highest BCUT2D eigenvalue weighted by Gasteiger charge is 2.60. The Balaban J connectivity index is 1.77. The minimum absolute atomic E-state index is 0.177. The number of hydrogen-bond acceptors (Lipinski definition) is 7. The molecule has 1 N–H and O–H groups in total. The number of unbranched alkanes of at least 4 members (excludes halogenated alkanes) is 1. The fraction of sp³-hybridized carbons (Fsp3) is 0.450. The Hall–Kier alpha value is -2.85. The number of fused-ring (bicyclic) bond motifs is 3. The van der Waals surface area contributed by atoms with Crippen LogP contribution in [0.15, 0.2) is 24.3 Å². The summed E-state index contributed by atoms with van der Waals surface area (Å²) in [6, 6.07) is 6.95. The summed E-state index contributed by atoms with van der Waals surface area (Å²) in [6.45, 7) is 2.69. The number of amides is 3. The molecular formula is C20H23N5O4S. The molecule has 3 amide bonds. The number of carbonyl (C=O) groups is 3. The van der Waals surface area contributed by atoms with E-state index in [0.29, 0.717) is 27.9 Å². The molecule has 10 heteroatoms. The quantitative estimate of drug-likeness (QED) is 0.725. The summed E-state index contributed by atoms with van der Waals surface area (Å²) in [5, 5.41) is 11.7. The van der Waals surface area contributed by atoms with Gasteiger partial charge in [0, 0.05) is 26.5 Å². The number of hydrogen-bond donors (Lipinski definition) is 1. The van der Waals surface area contributed by atoms with Crippen molar-refractivity contribution in [2.75, 3.05) is 23.9 Å². The minimum Gasteiger partial charge on any atom is -0.377 e. The molecule has 0 spiro atoms. The number of nitrogens with one attached hydrogen (secondary N) is 1. The van der Waals surface area contributed by atoms with Crippen LogP contribution in [0.4, 0.5) is 10.8 Å². The number of ether oxygens (including phenoxy) is 1. The number of nitrogens with zero attached hydrogens (tertiary/aromatic N) is 4. The van der Waals surface area contributed by atoms with Gasteiger partial charge in [-0.25, -0.2) is 0 Å². The van der Waals surface area contributed by atoms with Crippen molar-refractivity contribution in [1.29, 1.82) is 0 Å². The van der Waals surface area contributed by atoms with Crippen LogP contribution in [0.2, 0.25) is 0 Å². The van der Waals surface area contributed by atoms with Crippen molar-refractivity contribution in [2.24, 2.45) is 0 Å². The molecule has 4 rings (SSSR count). The zero-order valence-corrected chi connectivity index (χ0v) is 17.7. The van der Waals surface area contributed by atoms with Crippen molar-refractivity contribution >= 4 is 39.9 Å². The molecule has 30 heavy (non-hydrogen) atoms. The number of aromatic nitrogens is 2. The van der Waals surface area contributed by atoms with Gasteiger partial charge in [0.1, 0.15) is 11.6 Å². The molecule has 0 aliphatic carbocycles. The van der Waals surface area contributed by atoms with Crippen molar-refractivity contribution in [3.8, 4) is 0 Å². The third-order valence-electron chi connectivity index (χ3n) is 5.43. The van der Waals surface area contributed by atoms with Gasteiger partial charge in [-0.2, -0.15) is 0 Å². The molecule has 1 fully saturated rings. The van der Waals surface area contributed by atoms with E-state index in [9.17, 15) is 14.4 Å². The van der Waals surface area contributed by atoms with E-state index in [1.807, 2.05) is 6.92 Å². The number of benzene rings is 1. The van der Waals surface area contributed by atoms with E-state index in [-0.39, 0.29) is 31.3 Å². The highest BCUT2D eigenvalue weighted by molar-refractivity contribution is 7.15. The van der Waals surface area contributed by atoms with Gasteiger partial charge in [-0.05, 0) is 18.6 Å². The van der Waals surface area contributed by atoms with Crippen LogP contribution in [-0.4, -0.2) is 52.1 Å². The van der Waals surface area contributed by atoms with Gasteiger partial charge in [0.2, 0.25) is 16.7 Å². The predicted octanol–water partition coefficient (Wildman–Crippen LogP) is 2.40. The SMILES string of the molecule is CCCCN1C(=O)c2ccccc2N2C(=O)CC[C@]12C(=O)Nc1nnc(COC)s1. The third-order valence-corrected chi connectivity index (χ3v) is 6.24. The van der Waals surface area contributed by atoms with E-state index >= 15 is 0 Å². The van der Waals surface area contributed by atoms with E-state index in [0.717, 1.165) is 12.8 Å². The van der Waals surface area contributed by atoms with E-state index in [2.05, 4.69) is 15.5 Å². The third kappa shape index (κ3) is 3.16. The predicted molar refractivity (Wildman–Crippen MR) is 111 cm³/mol. The average Bonchev–Trinajstić information content (AvgIpc) is 3.33. The maximum atomic E-state index is 13.6. The molecule has 0 saturated carbocycles. The van der Waals surface area contributed by atoms with E-state index < -0.39 is 11.6 Å². The first-order valence-electron chi connectivity index (χ1n) is 9.89. The minimum atomic E-state index is -1.41. The smallest absolute Gasteiger partial charge is 0.273 e. The van der Waals surface area contributed by atoms with Crippen LogP contribution in [0.3, 0.4) is 0 Å². The van der Waals surface area contributed by atoms with Gasteiger partial charge in [-0.3, -0.25) is 24.6 Å². The zero-order valence-electron chi connectivity index (χ0n) is 16.9. The summed E-state index contributed by atoms with van der Waals surface area (Å²) < 4.78 is 5.05. The summed E-state index contributed by atoms with van der Waals surface area (Å²) in [6.07, 6.45) is 1.99. The van der Waals surface area contributed by atoms with Gasteiger partial charge < -0.3 is 9.64 Å². The van der Waals surface area contributed by atoms with Crippen molar-refractivity contribution in [2.45, 2.75) is 44.9 Å². The molecule has 1 saturated heterocycles. The normalized spacial score (nSPS) is 20.3. The first-order chi connectivity index (χ1) is 14.5. The van der Waals surface area contributed by atoms with Gasteiger partial charge >= 0.3 is 0 Å². The molecule has 2 aliphatic rings. The molecule has 9 nitrogen and oxygen atoms in total. The van der Waals surface area contributed by atoms with Crippen molar-refractivity contribution in [1.82, 2.24) is 15.1 Å². The Labute approximate surface area is 178 Å². The molecule has 1 atom stereocenters. The standard InChI is InChI=1S/C20H23N5O4S/c1-3-4-11-24-17(27)13-7-5-6-8-14(13)25-16(26)9-10-20(24,25)18(28)21-19-23-22-15(30-19)12-29-2/h5-8H,3-4,9-12H2,1-2H3,(H,21,23,28)/t20-/m0/s1. The van der Waals surface area contributed by atoms with Crippen LogP contribution in [0.1, 0.15) is 48.0 Å². The molecule has 2 aromatic rings. The Morgan fingerprint density at radius 1 is 1.30 bits per heavy atom. The van der Waals surface area contributed by atoms with Crippen LogP contribution >= 0.6 is 11.3 Å². The summed E-state index contributed by atoms with van der Waals surface area (Å²) in [5.41, 5.74) is -0.499. The fourth-order valence-corrected chi connectivity index (χ4v) is 4.79. The largest absolute Gasteiger partial charge is 0.377 e. The van der Waals surface area contributed by atoms with Gasteiger partial charge in [0.15, 0.2) is 0 Å². The summed E-state index contributed by atoms with van der Waals surface area (Å²) in [7, 11) is 1.55. The maximum absolute atomic E-state index is 13.6. The highest BCUT2D eigenvalue weighted by atomic mass is 32.1. The molecule has 0 radical (unpaired) electrons. The monoisotopic (exact) mass is 429 g/mol. The molecule has 1 aromatic carbocycles. The molecule has 0 bridgehead atoms. The second-order valence-corrected chi connectivity index (χ2v) is 8.32. The lowest BCUT2D eigenvalue weighted by molar-refractivity contribution is -0.129. The molecule has 1 aromatic heterocycles. The average molecular weight is 430 g/mol. The summed E-state index contributed by atoms with van der Waals surface area (Å²) in [4.78, 5) is 43.0. The summed E-state index contributed by atoms with van der Waals surface area (Å²) in [5.74, 6) is -0.867. The lowest BCUT2D eigenvalue weighted by Gasteiger charge is -2.49. The Kier molecular flexibility index (Phi) is 5.52. The number of methoxy groups -OCH3 is 1. The number of anilines is 2. The van der Waals surface area contributed by atoms with Crippen LogP contribution in [0, 0.1) is 0 Å². The second kappa shape index (κ2) is 8.11. The van der Waals surface area contributed by atoms with Crippen LogP contribution < -0.4 is 10.2 Å². The highest BCUT2D eigenvalue weighted by Crippen LogP contribution is 2.45. The van der Waals surface area contributed by atoms with Gasteiger partial charge in [-0.1, -0.05) is 36.8 Å². The fourth-order valence-electron chi connectivity index (χ4n) is 4.09. The number of carbonyl (C=O) groups excluding carboxylic acids is 3. The molecule has 0 unspecified atom stereocenters. The molecular weight excluding hydrogens is 406 g/mol. The number of para-hydroxylation sites is 1. The maximum Gasteiger partial charge on any atom is 0.273 e. The first-order valence-corrected chi connectivity index (χ1v) is 10.7. The zero-order chi connectivity index (χ0) is 21.3. The van der Waals surface area contributed by atoms with Crippen molar-refractivity contribution in [3.05, 3.63) is 34.8 Å². The van der Waals surface area contributed by atoms with Gasteiger partial charge in [0.25, 0.3) is 11.8 Å². The lowest BCUT2D eigenvalue weighted by atomic mass is 9.95. The molecule has 3 heterocycles. The Bertz CT molecular complexity index is 993. The van der Waals surface area contributed by atoms with E-state index in [1.54, 1.807) is 36.3 Å². The second-order valence-electron chi connectivity index (χ2n) is 7.26. The van der Waals surface area contributed by atoms with Gasteiger partial charge in [0.05, 0.1) is 11.3 Å². The van der Waals surface area contributed by atoms with E-state index in [4.69, 9.17) is 4.74 Å². The van der Waals surface area contributed by atoms with Crippen LogP contribution in [-0.2, 0) is 20.9 Å².